The van der Waals surface area contributed by atoms with Crippen LogP contribution >= 0.6 is 0 Å². The Morgan fingerprint density at radius 2 is 1.90 bits per heavy atom. The standard InChI is InChI=1S/C15H28N4O2/c1-4-6-17-14(20)12-18-8-10-19(11-9-18)15(21)5-7-16-13(2)3/h4,13,16H,1,5-12H2,2-3H3,(H,17,20). The molecular formula is C15H28N4O2. The molecule has 120 valence electrons. The van der Waals surface area contributed by atoms with Gasteiger partial charge in [-0.3, -0.25) is 14.5 Å². The highest BCUT2D eigenvalue weighted by atomic mass is 16.2. The molecule has 0 aromatic rings. The molecule has 6 nitrogen and oxygen atoms in total. The van der Waals surface area contributed by atoms with Gasteiger partial charge in [0.25, 0.3) is 0 Å². The number of rotatable bonds is 8. The average Bonchev–Trinajstić information content (AvgIpc) is 2.45. The molecule has 0 atom stereocenters. The lowest BCUT2D eigenvalue weighted by atomic mass is 10.2. The van der Waals surface area contributed by atoms with Gasteiger partial charge in [0.2, 0.25) is 11.8 Å². The first-order chi connectivity index (χ1) is 10.0. The fourth-order valence-electron chi connectivity index (χ4n) is 2.23. The van der Waals surface area contributed by atoms with Crippen molar-refractivity contribution in [2.75, 3.05) is 45.8 Å². The molecule has 1 heterocycles. The predicted octanol–water partition coefficient (Wildman–Crippen LogP) is -0.179. The molecule has 2 N–H and O–H groups in total. The van der Waals surface area contributed by atoms with Gasteiger partial charge in [-0.15, -0.1) is 6.58 Å². The molecule has 0 radical (unpaired) electrons. The minimum Gasteiger partial charge on any atom is -0.352 e. The van der Waals surface area contributed by atoms with E-state index >= 15 is 0 Å². The Kier molecular flexibility index (Phi) is 8.00. The van der Waals surface area contributed by atoms with Gasteiger partial charge in [0.1, 0.15) is 0 Å². The van der Waals surface area contributed by atoms with Gasteiger partial charge in [-0.25, -0.2) is 0 Å². The fourth-order valence-corrected chi connectivity index (χ4v) is 2.23. The number of amides is 2. The number of hydrogen-bond acceptors (Lipinski definition) is 4. The van der Waals surface area contributed by atoms with Crippen LogP contribution in [-0.2, 0) is 9.59 Å². The van der Waals surface area contributed by atoms with Gasteiger partial charge in [0, 0.05) is 51.7 Å². The molecular weight excluding hydrogens is 268 g/mol. The van der Waals surface area contributed by atoms with Crippen molar-refractivity contribution in [1.29, 1.82) is 0 Å². The smallest absolute Gasteiger partial charge is 0.234 e. The summed E-state index contributed by atoms with van der Waals surface area (Å²) in [6.07, 6.45) is 2.21. The first-order valence-corrected chi connectivity index (χ1v) is 7.64. The third-order valence-electron chi connectivity index (χ3n) is 3.43. The molecule has 0 aromatic heterocycles. The normalized spacial score (nSPS) is 16.0. The largest absolute Gasteiger partial charge is 0.352 e. The van der Waals surface area contributed by atoms with E-state index < -0.39 is 0 Å². The Hall–Kier alpha value is -1.40. The highest BCUT2D eigenvalue weighted by Crippen LogP contribution is 2.03. The van der Waals surface area contributed by atoms with Crippen LogP contribution in [0.1, 0.15) is 20.3 Å². The van der Waals surface area contributed by atoms with Crippen LogP contribution in [0, 0.1) is 0 Å². The zero-order valence-electron chi connectivity index (χ0n) is 13.2. The van der Waals surface area contributed by atoms with Crippen molar-refractivity contribution < 1.29 is 9.59 Å². The SMILES string of the molecule is C=CCNC(=O)CN1CCN(C(=O)CCNC(C)C)CC1. The molecule has 1 fully saturated rings. The highest BCUT2D eigenvalue weighted by molar-refractivity contribution is 5.78. The number of nitrogens with zero attached hydrogens (tertiary/aromatic N) is 2. The molecule has 0 spiro atoms. The van der Waals surface area contributed by atoms with E-state index in [-0.39, 0.29) is 11.8 Å². The molecule has 1 saturated heterocycles. The van der Waals surface area contributed by atoms with E-state index in [1.165, 1.54) is 0 Å². The summed E-state index contributed by atoms with van der Waals surface area (Å²) in [5.41, 5.74) is 0. The van der Waals surface area contributed by atoms with Gasteiger partial charge in [0.05, 0.1) is 6.54 Å². The summed E-state index contributed by atoms with van der Waals surface area (Å²) in [5.74, 6) is 0.203. The minimum absolute atomic E-state index is 0.0100. The van der Waals surface area contributed by atoms with Crippen molar-refractivity contribution in [2.45, 2.75) is 26.3 Å². The molecule has 1 aliphatic rings. The Morgan fingerprint density at radius 3 is 2.48 bits per heavy atom. The molecule has 21 heavy (non-hydrogen) atoms. The summed E-state index contributed by atoms with van der Waals surface area (Å²) in [5, 5.41) is 6.02. The molecule has 0 bridgehead atoms. The maximum absolute atomic E-state index is 12.0. The van der Waals surface area contributed by atoms with Crippen LogP contribution in [0.15, 0.2) is 12.7 Å². The average molecular weight is 296 g/mol. The molecule has 6 heteroatoms. The topological polar surface area (TPSA) is 64.7 Å². The maximum atomic E-state index is 12.0. The summed E-state index contributed by atoms with van der Waals surface area (Å²) in [6.45, 7) is 12.2. The summed E-state index contributed by atoms with van der Waals surface area (Å²) in [4.78, 5) is 27.6. The van der Waals surface area contributed by atoms with Crippen LogP contribution < -0.4 is 10.6 Å². The van der Waals surface area contributed by atoms with Gasteiger partial charge < -0.3 is 15.5 Å². The molecule has 0 saturated carbocycles. The van der Waals surface area contributed by atoms with Gasteiger partial charge in [0.15, 0.2) is 0 Å². The monoisotopic (exact) mass is 296 g/mol. The Bertz CT molecular complexity index is 350. The Balaban J connectivity index is 2.20. The maximum Gasteiger partial charge on any atom is 0.234 e. The van der Waals surface area contributed by atoms with Gasteiger partial charge in [-0.05, 0) is 0 Å². The number of piperazine rings is 1. The van der Waals surface area contributed by atoms with Crippen molar-refractivity contribution in [2.24, 2.45) is 0 Å². The number of nitrogens with one attached hydrogen (secondary N) is 2. The van der Waals surface area contributed by atoms with Crippen LogP contribution in [0.25, 0.3) is 0 Å². The Morgan fingerprint density at radius 1 is 1.24 bits per heavy atom. The molecule has 1 rings (SSSR count). The molecule has 0 unspecified atom stereocenters. The number of hydrogen-bond donors (Lipinski definition) is 2. The lowest BCUT2D eigenvalue weighted by Crippen LogP contribution is -2.51. The molecule has 2 amide bonds. The van der Waals surface area contributed by atoms with Crippen molar-refractivity contribution >= 4 is 11.8 Å². The van der Waals surface area contributed by atoms with Crippen LogP contribution in [0.3, 0.4) is 0 Å². The zero-order valence-corrected chi connectivity index (χ0v) is 13.2. The number of carbonyl (C=O) groups is 2. The van der Waals surface area contributed by atoms with Crippen LogP contribution in [0.5, 0.6) is 0 Å². The van der Waals surface area contributed by atoms with Crippen LogP contribution in [0.2, 0.25) is 0 Å². The minimum atomic E-state index is 0.0100. The van der Waals surface area contributed by atoms with E-state index in [1.54, 1.807) is 6.08 Å². The third kappa shape index (κ3) is 7.24. The molecule has 0 aromatic carbocycles. The van der Waals surface area contributed by atoms with Crippen molar-refractivity contribution in [3.05, 3.63) is 12.7 Å². The van der Waals surface area contributed by atoms with E-state index in [9.17, 15) is 9.59 Å². The quantitative estimate of drug-likeness (QED) is 0.610. The summed E-state index contributed by atoms with van der Waals surface area (Å²) >= 11 is 0. The van der Waals surface area contributed by atoms with Crippen molar-refractivity contribution in [1.82, 2.24) is 20.4 Å². The third-order valence-corrected chi connectivity index (χ3v) is 3.43. The molecule has 1 aliphatic heterocycles. The van der Waals surface area contributed by atoms with E-state index in [2.05, 4.69) is 36.0 Å². The van der Waals surface area contributed by atoms with Gasteiger partial charge >= 0.3 is 0 Å². The lowest BCUT2D eigenvalue weighted by Gasteiger charge is -2.34. The second kappa shape index (κ2) is 9.52. The summed E-state index contributed by atoms with van der Waals surface area (Å²) < 4.78 is 0. The van der Waals surface area contributed by atoms with Gasteiger partial charge in [-0.2, -0.15) is 0 Å². The number of carbonyl (C=O) groups excluding carboxylic acids is 2. The van der Waals surface area contributed by atoms with E-state index in [0.29, 0.717) is 38.6 Å². The van der Waals surface area contributed by atoms with E-state index in [1.807, 2.05) is 4.90 Å². The lowest BCUT2D eigenvalue weighted by molar-refractivity contribution is -0.133. The zero-order chi connectivity index (χ0) is 15.7. The summed E-state index contributed by atoms with van der Waals surface area (Å²) in [6, 6.07) is 0.406. The first kappa shape index (κ1) is 17.7. The predicted molar refractivity (Wildman–Crippen MR) is 84.0 cm³/mol. The second-order valence-electron chi connectivity index (χ2n) is 5.61. The summed E-state index contributed by atoms with van der Waals surface area (Å²) in [7, 11) is 0. The van der Waals surface area contributed by atoms with E-state index in [4.69, 9.17) is 0 Å². The Labute approximate surface area is 127 Å². The second-order valence-corrected chi connectivity index (χ2v) is 5.61. The fraction of sp³-hybridized carbons (Fsp3) is 0.733. The van der Waals surface area contributed by atoms with Crippen molar-refractivity contribution in [3.63, 3.8) is 0 Å². The van der Waals surface area contributed by atoms with Crippen LogP contribution in [-0.4, -0.2) is 73.5 Å². The van der Waals surface area contributed by atoms with Crippen molar-refractivity contribution in [3.8, 4) is 0 Å². The molecule has 0 aliphatic carbocycles. The van der Waals surface area contributed by atoms with Gasteiger partial charge in [-0.1, -0.05) is 19.9 Å². The van der Waals surface area contributed by atoms with E-state index in [0.717, 1.165) is 19.6 Å². The highest BCUT2D eigenvalue weighted by Gasteiger charge is 2.21. The van der Waals surface area contributed by atoms with Crippen LogP contribution in [0.4, 0.5) is 0 Å². The first-order valence-electron chi connectivity index (χ1n) is 7.64.